The van der Waals surface area contributed by atoms with Crippen LogP contribution in [0.2, 0.25) is 0 Å². The van der Waals surface area contributed by atoms with Crippen molar-refractivity contribution in [2.24, 2.45) is 0 Å². The van der Waals surface area contributed by atoms with E-state index in [0.29, 0.717) is 0 Å². The summed E-state index contributed by atoms with van der Waals surface area (Å²) in [5, 5.41) is 8.67. The van der Waals surface area contributed by atoms with Crippen LogP contribution in [0.5, 0.6) is 0 Å². The molecule has 13 heavy (non-hydrogen) atoms. The van der Waals surface area contributed by atoms with Crippen molar-refractivity contribution in [1.82, 2.24) is 9.80 Å². The average Bonchev–Trinajstić information content (AvgIpc) is 2.19. The minimum atomic E-state index is 0.828. The van der Waals surface area contributed by atoms with Gasteiger partial charge >= 0.3 is 0 Å². The van der Waals surface area contributed by atoms with Crippen molar-refractivity contribution in [3.63, 3.8) is 0 Å². The summed E-state index contributed by atoms with van der Waals surface area (Å²) < 4.78 is 0. The SMILES string of the molecule is CCN(C#N)CCCN(CC)CC. The topological polar surface area (TPSA) is 30.3 Å². The van der Waals surface area contributed by atoms with Crippen LogP contribution in [-0.2, 0) is 0 Å². The highest BCUT2D eigenvalue weighted by molar-refractivity contribution is 4.71. The Hall–Kier alpha value is -0.750. The van der Waals surface area contributed by atoms with Crippen molar-refractivity contribution in [1.29, 1.82) is 5.26 Å². The average molecular weight is 183 g/mol. The molecule has 0 aliphatic carbocycles. The van der Waals surface area contributed by atoms with E-state index < -0.39 is 0 Å². The summed E-state index contributed by atoms with van der Waals surface area (Å²) in [4.78, 5) is 4.18. The van der Waals surface area contributed by atoms with Gasteiger partial charge in [-0.05, 0) is 33.0 Å². The van der Waals surface area contributed by atoms with E-state index in [9.17, 15) is 0 Å². The van der Waals surface area contributed by atoms with Crippen LogP contribution in [0, 0.1) is 11.5 Å². The van der Waals surface area contributed by atoms with Gasteiger partial charge in [-0.3, -0.25) is 0 Å². The van der Waals surface area contributed by atoms with Crippen LogP contribution in [0.1, 0.15) is 27.2 Å². The lowest BCUT2D eigenvalue weighted by Crippen LogP contribution is -2.27. The minimum absolute atomic E-state index is 0.828. The molecule has 0 saturated heterocycles. The standard InChI is InChI=1S/C10H21N3/c1-4-12(5-2)8-7-9-13(6-3)10-11/h4-9H2,1-3H3. The third-order valence-corrected chi connectivity index (χ3v) is 2.32. The molecule has 0 N–H and O–H groups in total. The molecule has 0 rings (SSSR count). The molecule has 0 saturated carbocycles. The van der Waals surface area contributed by atoms with Crippen molar-refractivity contribution >= 4 is 0 Å². The minimum Gasteiger partial charge on any atom is -0.311 e. The van der Waals surface area contributed by atoms with Crippen molar-refractivity contribution in [2.45, 2.75) is 27.2 Å². The lowest BCUT2D eigenvalue weighted by molar-refractivity contribution is 0.280. The summed E-state index contributed by atoms with van der Waals surface area (Å²) in [5.41, 5.74) is 0. The second-order valence-corrected chi connectivity index (χ2v) is 3.06. The van der Waals surface area contributed by atoms with E-state index in [4.69, 9.17) is 5.26 Å². The fraction of sp³-hybridized carbons (Fsp3) is 0.900. The summed E-state index contributed by atoms with van der Waals surface area (Å²) >= 11 is 0. The molecule has 0 unspecified atom stereocenters. The molecule has 0 spiro atoms. The van der Waals surface area contributed by atoms with Crippen LogP contribution in [0.25, 0.3) is 0 Å². The van der Waals surface area contributed by atoms with E-state index in [-0.39, 0.29) is 0 Å². The molecule has 3 nitrogen and oxygen atoms in total. The third kappa shape index (κ3) is 5.48. The molecule has 0 aliphatic heterocycles. The molecule has 0 radical (unpaired) electrons. The highest BCUT2D eigenvalue weighted by Gasteiger charge is 2.01. The molecule has 76 valence electrons. The van der Waals surface area contributed by atoms with Crippen molar-refractivity contribution in [2.75, 3.05) is 32.7 Å². The summed E-state index contributed by atoms with van der Waals surface area (Å²) in [5.74, 6) is 0. The van der Waals surface area contributed by atoms with Gasteiger partial charge in [0.15, 0.2) is 6.19 Å². The first-order valence-corrected chi connectivity index (χ1v) is 5.15. The summed E-state index contributed by atoms with van der Waals surface area (Å²) in [6, 6.07) is 0. The maximum atomic E-state index is 8.67. The Bertz CT molecular complexity index is 147. The van der Waals surface area contributed by atoms with Crippen LogP contribution in [0.4, 0.5) is 0 Å². The highest BCUT2D eigenvalue weighted by atomic mass is 15.1. The maximum Gasteiger partial charge on any atom is 0.179 e. The molecular weight excluding hydrogens is 162 g/mol. The van der Waals surface area contributed by atoms with Gasteiger partial charge in [-0.15, -0.1) is 0 Å². The predicted octanol–water partition coefficient (Wildman–Crippen LogP) is 1.52. The zero-order chi connectivity index (χ0) is 10.1. The van der Waals surface area contributed by atoms with Crippen molar-refractivity contribution < 1.29 is 0 Å². The molecule has 0 aliphatic rings. The van der Waals surface area contributed by atoms with E-state index >= 15 is 0 Å². The zero-order valence-electron chi connectivity index (χ0n) is 9.08. The molecular formula is C10H21N3. The van der Waals surface area contributed by atoms with Crippen molar-refractivity contribution in [3.8, 4) is 6.19 Å². The second kappa shape index (κ2) is 7.88. The molecule has 0 aromatic rings. The second-order valence-electron chi connectivity index (χ2n) is 3.06. The molecule has 0 atom stereocenters. The van der Waals surface area contributed by atoms with Gasteiger partial charge in [0, 0.05) is 13.1 Å². The number of nitriles is 1. The van der Waals surface area contributed by atoms with E-state index in [1.807, 2.05) is 6.92 Å². The Morgan fingerprint density at radius 1 is 1.00 bits per heavy atom. The fourth-order valence-corrected chi connectivity index (χ4v) is 1.30. The Balaban J connectivity index is 3.48. The molecule has 0 bridgehead atoms. The van der Waals surface area contributed by atoms with Crippen LogP contribution < -0.4 is 0 Å². The van der Waals surface area contributed by atoms with E-state index in [2.05, 4.69) is 24.9 Å². The van der Waals surface area contributed by atoms with Gasteiger partial charge < -0.3 is 9.80 Å². The Morgan fingerprint density at radius 2 is 1.62 bits per heavy atom. The lowest BCUT2D eigenvalue weighted by Gasteiger charge is -2.19. The Kier molecular flexibility index (Phi) is 7.42. The van der Waals surface area contributed by atoms with Crippen LogP contribution in [0.3, 0.4) is 0 Å². The van der Waals surface area contributed by atoms with E-state index in [0.717, 1.165) is 39.1 Å². The smallest absolute Gasteiger partial charge is 0.179 e. The third-order valence-electron chi connectivity index (χ3n) is 2.32. The first kappa shape index (κ1) is 12.2. The van der Waals surface area contributed by atoms with E-state index in [1.165, 1.54) is 0 Å². The van der Waals surface area contributed by atoms with Crippen LogP contribution in [0.15, 0.2) is 0 Å². The number of hydrogen-bond donors (Lipinski definition) is 0. The first-order chi connectivity index (χ1) is 6.28. The molecule has 0 heterocycles. The molecule has 0 fully saturated rings. The fourth-order valence-electron chi connectivity index (χ4n) is 1.30. The van der Waals surface area contributed by atoms with Gasteiger partial charge in [0.25, 0.3) is 0 Å². The quantitative estimate of drug-likeness (QED) is 0.443. The Labute approximate surface area is 81.9 Å². The lowest BCUT2D eigenvalue weighted by atomic mass is 10.3. The monoisotopic (exact) mass is 183 g/mol. The molecule has 0 amide bonds. The zero-order valence-corrected chi connectivity index (χ0v) is 9.08. The number of hydrogen-bond acceptors (Lipinski definition) is 3. The maximum absolute atomic E-state index is 8.67. The first-order valence-electron chi connectivity index (χ1n) is 5.15. The highest BCUT2D eigenvalue weighted by Crippen LogP contribution is 1.93. The summed E-state index contributed by atoms with van der Waals surface area (Å²) in [6.07, 6.45) is 3.26. The molecule has 0 aromatic carbocycles. The van der Waals surface area contributed by atoms with Gasteiger partial charge in [0.1, 0.15) is 0 Å². The molecule has 3 heteroatoms. The van der Waals surface area contributed by atoms with Gasteiger partial charge in [0.05, 0.1) is 0 Å². The summed E-state index contributed by atoms with van der Waals surface area (Å²) in [7, 11) is 0. The predicted molar refractivity (Wildman–Crippen MR) is 55.3 cm³/mol. The summed E-state index contributed by atoms with van der Waals surface area (Å²) in [6.45, 7) is 11.4. The largest absolute Gasteiger partial charge is 0.311 e. The molecule has 0 aromatic heterocycles. The van der Waals surface area contributed by atoms with Crippen LogP contribution in [-0.4, -0.2) is 42.5 Å². The van der Waals surface area contributed by atoms with Gasteiger partial charge in [-0.25, -0.2) is 0 Å². The van der Waals surface area contributed by atoms with Gasteiger partial charge in [0.2, 0.25) is 0 Å². The Morgan fingerprint density at radius 3 is 2.00 bits per heavy atom. The number of rotatable bonds is 7. The number of nitrogens with zero attached hydrogens (tertiary/aromatic N) is 3. The normalized spacial score (nSPS) is 10.1. The van der Waals surface area contributed by atoms with E-state index in [1.54, 1.807) is 4.90 Å². The van der Waals surface area contributed by atoms with Gasteiger partial charge in [-0.2, -0.15) is 5.26 Å². The van der Waals surface area contributed by atoms with Gasteiger partial charge in [-0.1, -0.05) is 13.8 Å². The van der Waals surface area contributed by atoms with Crippen LogP contribution >= 0.6 is 0 Å². The van der Waals surface area contributed by atoms with Crippen molar-refractivity contribution in [3.05, 3.63) is 0 Å².